The van der Waals surface area contributed by atoms with Gasteiger partial charge in [0.2, 0.25) is 0 Å². The van der Waals surface area contributed by atoms with Crippen LogP contribution in [0.2, 0.25) is 0 Å². The Morgan fingerprint density at radius 1 is 0.974 bits per heavy atom. The van der Waals surface area contributed by atoms with Crippen LogP contribution in [0.15, 0.2) is 77.9 Å². The van der Waals surface area contributed by atoms with Gasteiger partial charge < -0.3 is 9.47 Å². The van der Waals surface area contributed by atoms with Gasteiger partial charge in [0, 0.05) is 24.8 Å². The van der Waals surface area contributed by atoms with E-state index in [9.17, 15) is 14.0 Å². The van der Waals surface area contributed by atoms with E-state index in [1.807, 2.05) is 0 Å². The number of halogens is 1. The van der Waals surface area contributed by atoms with Crippen LogP contribution in [-0.4, -0.2) is 32.6 Å². The summed E-state index contributed by atoms with van der Waals surface area (Å²) in [5, 5.41) is 4.30. The number of pyridine rings is 2. The number of rotatable bonds is 7. The molecule has 5 rings (SSSR count). The molecule has 3 heterocycles. The molecule has 0 atom stereocenters. The summed E-state index contributed by atoms with van der Waals surface area (Å²) in [7, 11) is 1.56. The Morgan fingerprint density at radius 3 is 2.42 bits per heavy atom. The molecule has 3 aromatic heterocycles. The number of hydrogen-bond acceptors (Lipinski definition) is 7. The lowest BCUT2D eigenvalue weighted by molar-refractivity contribution is 0.0990. The van der Waals surface area contributed by atoms with E-state index in [1.54, 1.807) is 69.7 Å². The SMILES string of the molecule is COc1cnc2c(Oc3ccc(CC(=O)c4c(C)c(C)nn(-c5ccc(F)cc5)c4=O)cc3)ccnc2c1. The molecule has 9 heteroatoms. The molecule has 5 aromatic rings. The molecule has 8 nitrogen and oxygen atoms in total. The van der Waals surface area contributed by atoms with Gasteiger partial charge in [-0.1, -0.05) is 12.1 Å². The van der Waals surface area contributed by atoms with Crippen molar-refractivity contribution in [3.05, 3.63) is 112 Å². The largest absolute Gasteiger partial charge is 0.495 e. The summed E-state index contributed by atoms with van der Waals surface area (Å²) in [6.07, 6.45) is 3.24. The molecule has 0 aliphatic rings. The number of fused-ring (bicyclic) bond motifs is 1. The van der Waals surface area contributed by atoms with Crippen molar-refractivity contribution < 1.29 is 18.7 Å². The van der Waals surface area contributed by atoms with Crippen molar-refractivity contribution in [2.45, 2.75) is 20.3 Å². The molecule has 0 N–H and O–H groups in total. The summed E-state index contributed by atoms with van der Waals surface area (Å²) < 4.78 is 25.7. The summed E-state index contributed by atoms with van der Waals surface area (Å²) in [5.74, 6) is 0.927. The third-order valence-electron chi connectivity index (χ3n) is 6.19. The van der Waals surface area contributed by atoms with Crippen LogP contribution in [0.1, 0.15) is 27.2 Å². The normalized spacial score (nSPS) is 10.9. The van der Waals surface area contributed by atoms with Crippen molar-refractivity contribution in [3.63, 3.8) is 0 Å². The van der Waals surface area contributed by atoms with Crippen LogP contribution in [0, 0.1) is 19.7 Å². The second kappa shape index (κ2) is 10.2. The van der Waals surface area contributed by atoms with E-state index in [0.717, 1.165) is 4.68 Å². The molecule has 0 aliphatic heterocycles. The summed E-state index contributed by atoms with van der Waals surface area (Å²) in [5.41, 5.74) is 2.90. The third kappa shape index (κ3) is 4.86. The Hall–Kier alpha value is -4.92. The first kappa shape index (κ1) is 24.8. The van der Waals surface area contributed by atoms with Gasteiger partial charge in [-0.15, -0.1) is 0 Å². The van der Waals surface area contributed by atoms with Gasteiger partial charge in [-0.3, -0.25) is 14.6 Å². The standard InChI is InChI=1S/C29H23FN4O4/c1-17-18(2)33-34(21-8-6-20(30)7-9-21)29(36)27(17)25(35)14-19-4-10-22(11-5-19)38-26-12-13-31-24-15-23(37-3)16-32-28(24)26/h4-13,15-16H,14H2,1-3H3. The molecule has 0 radical (unpaired) electrons. The van der Waals surface area contributed by atoms with Crippen molar-refractivity contribution in [2.75, 3.05) is 7.11 Å². The second-order valence-corrected chi connectivity index (χ2v) is 8.68. The number of ether oxygens (including phenoxy) is 2. The summed E-state index contributed by atoms with van der Waals surface area (Å²) in [4.78, 5) is 35.2. The second-order valence-electron chi connectivity index (χ2n) is 8.68. The quantitative estimate of drug-likeness (QED) is 0.279. The molecule has 0 unspecified atom stereocenters. The van der Waals surface area contributed by atoms with E-state index in [-0.39, 0.29) is 17.8 Å². The van der Waals surface area contributed by atoms with Crippen molar-refractivity contribution in [1.29, 1.82) is 0 Å². The van der Waals surface area contributed by atoms with Crippen molar-refractivity contribution in [3.8, 4) is 22.9 Å². The predicted octanol–water partition coefficient (Wildman–Crippen LogP) is 5.16. The fourth-order valence-corrected chi connectivity index (χ4v) is 4.06. The van der Waals surface area contributed by atoms with E-state index in [2.05, 4.69) is 15.1 Å². The summed E-state index contributed by atoms with van der Waals surface area (Å²) in [6.45, 7) is 3.43. The molecular formula is C29H23FN4O4. The zero-order valence-electron chi connectivity index (χ0n) is 20.9. The van der Waals surface area contributed by atoms with Crippen LogP contribution in [0.5, 0.6) is 17.2 Å². The topological polar surface area (TPSA) is 96.2 Å². The minimum Gasteiger partial charge on any atom is -0.495 e. The molecule has 0 fully saturated rings. The Labute approximate surface area is 217 Å². The Morgan fingerprint density at radius 2 is 1.71 bits per heavy atom. The van der Waals surface area contributed by atoms with Gasteiger partial charge >= 0.3 is 0 Å². The van der Waals surface area contributed by atoms with Crippen LogP contribution in [0.25, 0.3) is 16.7 Å². The molecule has 0 saturated carbocycles. The predicted molar refractivity (Wildman–Crippen MR) is 140 cm³/mol. The molecule has 190 valence electrons. The number of ketones is 1. The highest BCUT2D eigenvalue weighted by molar-refractivity contribution is 5.98. The number of benzene rings is 2. The molecule has 0 amide bonds. The number of Topliss-reactive ketones (excluding diaryl/α,β-unsaturated/α-hetero) is 1. The summed E-state index contributed by atoms with van der Waals surface area (Å²) in [6, 6.07) is 15.9. The van der Waals surface area contributed by atoms with Crippen LogP contribution in [-0.2, 0) is 6.42 Å². The van der Waals surface area contributed by atoms with E-state index in [0.29, 0.717) is 50.8 Å². The number of hydrogen-bond donors (Lipinski definition) is 0. The van der Waals surface area contributed by atoms with Gasteiger partial charge in [0.1, 0.15) is 22.8 Å². The Bertz CT molecular complexity index is 1710. The van der Waals surface area contributed by atoms with Crippen LogP contribution in [0.3, 0.4) is 0 Å². The minimum atomic E-state index is -0.543. The maximum atomic E-state index is 13.4. The maximum Gasteiger partial charge on any atom is 0.282 e. The molecule has 0 aliphatic carbocycles. The van der Waals surface area contributed by atoms with Gasteiger partial charge in [0.05, 0.1) is 35.8 Å². The third-order valence-corrected chi connectivity index (χ3v) is 6.19. The van der Waals surface area contributed by atoms with Crippen LogP contribution < -0.4 is 15.0 Å². The van der Waals surface area contributed by atoms with Gasteiger partial charge in [-0.25, -0.2) is 9.37 Å². The average molecular weight is 511 g/mol. The lowest BCUT2D eigenvalue weighted by atomic mass is 10.00. The zero-order chi connectivity index (χ0) is 26.8. The van der Waals surface area contributed by atoms with Crippen LogP contribution >= 0.6 is 0 Å². The zero-order valence-corrected chi connectivity index (χ0v) is 20.9. The van der Waals surface area contributed by atoms with Crippen molar-refractivity contribution in [1.82, 2.24) is 19.7 Å². The number of nitrogens with zero attached hydrogens (tertiary/aromatic N) is 4. The maximum absolute atomic E-state index is 13.4. The number of methoxy groups -OCH3 is 1. The molecule has 0 saturated heterocycles. The molecular weight excluding hydrogens is 487 g/mol. The van der Waals surface area contributed by atoms with E-state index < -0.39 is 11.4 Å². The van der Waals surface area contributed by atoms with Crippen LogP contribution in [0.4, 0.5) is 4.39 Å². The summed E-state index contributed by atoms with van der Waals surface area (Å²) >= 11 is 0. The number of aromatic nitrogens is 4. The van der Waals surface area contributed by atoms with Crippen molar-refractivity contribution in [2.24, 2.45) is 0 Å². The lowest BCUT2D eigenvalue weighted by Gasteiger charge is -2.12. The van der Waals surface area contributed by atoms with Gasteiger partial charge in [0.15, 0.2) is 11.5 Å². The lowest BCUT2D eigenvalue weighted by Crippen LogP contribution is -2.30. The van der Waals surface area contributed by atoms with Gasteiger partial charge in [-0.05, 0) is 61.4 Å². The molecule has 2 aromatic carbocycles. The number of aryl methyl sites for hydroxylation is 1. The highest BCUT2D eigenvalue weighted by atomic mass is 19.1. The molecule has 0 spiro atoms. The molecule has 38 heavy (non-hydrogen) atoms. The average Bonchev–Trinajstić information content (AvgIpc) is 2.92. The van der Waals surface area contributed by atoms with Gasteiger partial charge in [-0.2, -0.15) is 9.78 Å². The number of carbonyl (C=O) groups is 1. The molecule has 0 bridgehead atoms. The first-order valence-corrected chi connectivity index (χ1v) is 11.8. The first-order chi connectivity index (χ1) is 18.3. The Balaban J connectivity index is 1.38. The first-order valence-electron chi connectivity index (χ1n) is 11.8. The Kier molecular flexibility index (Phi) is 6.66. The number of carbonyl (C=O) groups excluding carboxylic acids is 1. The van der Waals surface area contributed by atoms with Crippen molar-refractivity contribution >= 4 is 16.8 Å². The van der Waals surface area contributed by atoms with E-state index in [4.69, 9.17) is 9.47 Å². The van der Waals surface area contributed by atoms with E-state index in [1.165, 1.54) is 24.3 Å². The minimum absolute atomic E-state index is 0.0166. The highest BCUT2D eigenvalue weighted by Gasteiger charge is 2.20. The van der Waals surface area contributed by atoms with E-state index >= 15 is 0 Å². The van der Waals surface area contributed by atoms with Gasteiger partial charge in [0.25, 0.3) is 5.56 Å². The highest BCUT2D eigenvalue weighted by Crippen LogP contribution is 2.29. The monoisotopic (exact) mass is 510 g/mol. The fraction of sp³-hybridized carbons (Fsp3) is 0.138. The fourth-order valence-electron chi connectivity index (χ4n) is 4.06. The smallest absolute Gasteiger partial charge is 0.282 e.